The summed E-state index contributed by atoms with van der Waals surface area (Å²) in [5.74, 6) is -4.82. The molecular weight excluding hydrogens is 309 g/mol. The number of fused-ring (bicyclic) bond motifs is 1. The van der Waals surface area contributed by atoms with Gasteiger partial charge in [0.05, 0.1) is 5.71 Å². The molecule has 2 rings (SSSR count). The Kier molecular flexibility index (Phi) is 4.14. The van der Waals surface area contributed by atoms with E-state index >= 15 is 0 Å². The zero-order valence-electron chi connectivity index (χ0n) is 11.2. The predicted molar refractivity (Wildman–Crippen MR) is 69.0 cm³/mol. The van der Waals surface area contributed by atoms with Gasteiger partial charge in [0.1, 0.15) is 5.69 Å². The normalized spacial score (nSPS) is 12.8. The Labute approximate surface area is 121 Å². The van der Waals surface area contributed by atoms with Crippen LogP contribution in [0.2, 0.25) is 0 Å². The molecule has 2 aromatic rings. The van der Waals surface area contributed by atoms with Gasteiger partial charge in [-0.2, -0.15) is 27.1 Å². The van der Waals surface area contributed by atoms with Gasteiger partial charge in [-0.3, -0.25) is 0 Å². The second kappa shape index (κ2) is 5.59. The lowest BCUT2D eigenvalue weighted by Crippen LogP contribution is -2.37. The fourth-order valence-corrected chi connectivity index (χ4v) is 1.87. The van der Waals surface area contributed by atoms with Crippen molar-refractivity contribution < 1.29 is 22.0 Å². The van der Waals surface area contributed by atoms with Crippen molar-refractivity contribution in [2.45, 2.75) is 25.1 Å². The molecular formula is C12H12F5N5. The average Bonchev–Trinajstić information content (AvgIpc) is 2.82. The summed E-state index contributed by atoms with van der Waals surface area (Å²) < 4.78 is 63.5. The minimum Gasteiger partial charge on any atom is -0.325 e. The molecule has 0 spiro atoms. The van der Waals surface area contributed by atoms with Crippen LogP contribution >= 0.6 is 0 Å². The number of aromatic nitrogens is 3. The lowest BCUT2D eigenvalue weighted by molar-refractivity contribution is -0.285. The van der Waals surface area contributed by atoms with Gasteiger partial charge in [0, 0.05) is 31.1 Å². The predicted octanol–water partition coefficient (Wildman–Crippen LogP) is 2.35. The molecule has 3 N–H and O–H groups in total. The van der Waals surface area contributed by atoms with E-state index in [4.69, 9.17) is 11.1 Å². The van der Waals surface area contributed by atoms with Crippen molar-refractivity contribution in [3.63, 3.8) is 0 Å². The first-order valence-corrected chi connectivity index (χ1v) is 6.21. The second-order valence-corrected chi connectivity index (χ2v) is 4.58. The summed E-state index contributed by atoms with van der Waals surface area (Å²) in [6.07, 6.45) is -5.71. The third-order valence-electron chi connectivity index (χ3n) is 3.05. The van der Waals surface area contributed by atoms with E-state index in [1.165, 1.54) is 6.20 Å². The first kappa shape index (κ1) is 16.3. The van der Waals surface area contributed by atoms with Crippen molar-refractivity contribution in [2.24, 2.45) is 5.73 Å². The van der Waals surface area contributed by atoms with Crippen LogP contribution < -0.4 is 5.73 Å². The number of alkyl halides is 5. The molecule has 0 aromatic carbocycles. The number of hydrogen-bond donors (Lipinski definition) is 2. The molecule has 0 aliphatic carbocycles. The topological polar surface area (TPSA) is 80.6 Å². The number of nitrogens with two attached hydrogens (primary N) is 1. The number of nitrogens with one attached hydrogen (secondary N) is 1. The lowest BCUT2D eigenvalue weighted by atomic mass is 10.2. The van der Waals surface area contributed by atoms with Gasteiger partial charge in [0.15, 0.2) is 5.65 Å². The van der Waals surface area contributed by atoms with E-state index in [-0.39, 0.29) is 23.6 Å². The zero-order chi connectivity index (χ0) is 16.5. The molecule has 5 nitrogen and oxygen atoms in total. The number of aryl methyl sites for hydroxylation is 1. The number of nitrogens with zero attached hydrogens (tertiary/aromatic N) is 3. The minimum atomic E-state index is -5.61. The van der Waals surface area contributed by atoms with Crippen molar-refractivity contribution >= 4 is 16.7 Å². The Hall–Kier alpha value is -2.10. The van der Waals surface area contributed by atoms with Crippen LogP contribution in [0.1, 0.15) is 12.1 Å². The van der Waals surface area contributed by atoms with Gasteiger partial charge in [-0.25, -0.2) is 9.67 Å². The van der Waals surface area contributed by atoms with Crippen LogP contribution in [0.3, 0.4) is 0 Å². The quantitative estimate of drug-likeness (QED) is 0.655. The molecule has 2 heterocycles. The van der Waals surface area contributed by atoms with Crippen molar-refractivity contribution in [2.75, 3.05) is 6.54 Å². The van der Waals surface area contributed by atoms with Crippen molar-refractivity contribution in [1.29, 1.82) is 5.41 Å². The van der Waals surface area contributed by atoms with E-state index in [2.05, 4.69) is 10.1 Å². The van der Waals surface area contributed by atoms with Crippen LogP contribution in [0, 0.1) is 5.41 Å². The van der Waals surface area contributed by atoms with Crippen molar-refractivity contribution in [3.8, 4) is 0 Å². The minimum absolute atomic E-state index is 0.0562. The molecule has 0 radical (unpaired) electrons. The SMILES string of the molecule is N=C(CN)c1nn(CCC(F)(F)C(F)(F)F)c2ncccc12. The molecule has 10 heteroatoms. The van der Waals surface area contributed by atoms with E-state index in [1.54, 1.807) is 12.1 Å². The molecule has 0 aliphatic rings. The summed E-state index contributed by atoms with van der Waals surface area (Å²) >= 11 is 0. The first-order valence-electron chi connectivity index (χ1n) is 6.21. The number of halogens is 5. The highest BCUT2D eigenvalue weighted by Gasteiger charge is 2.56. The van der Waals surface area contributed by atoms with Crippen molar-refractivity contribution in [1.82, 2.24) is 14.8 Å². The van der Waals surface area contributed by atoms with Gasteiger partial charge in [0.2, 0.25) is 0 Å². The first-order chi connectivity index (χ1) is 10.2. The smallest absolute Gasteiger partial charge is 0.325 e. The fourth-order valence-electron chi connectivity index (χ4n) is 1.87. The summed E-state index contributed by atoms with van der Waals surface area (Å²) in [4.78, 5) is 3.92. The van der Waals surface area contributed by atoms with Crippen LogP contribution in [0.15, 0.2) is 18.3 Å². The molecule has 0 unspecified atom stereocenters. The fraction of sp³-hybridized carbons (Fsp3) is 0.417. The average molecular weight is 321 g/mol. The van der Waals surface area contributed by atoms with Gasteiger partial charge in [-0.05, 0) is 12.1 Å². The summed E-state index contributed by atoms with van der Waals surface area (Å²) in [7, 11) is 0. The third kappa shape index (κ3) is 2.91. The Morgan fingerprint density at radius 3 is 2.55 bits per heavy atom. The van der Waals surface area contributed by atoms with Gasteiger partial charge in [0.25, 0.3) is 0 Å². The number of rotatable bonds is 5. The van der Waals surface area contributed by atoms with Crippen LogP contribution in [0.4, 0.5) is 22.0 Å². The van der Waals surface area contributed by atoms with Gasteiger partial charge in [-0.15, -0.1) is 0 Å². The third-order valence-corrected chi connectivity index (χ3v) is 3.05. The summed E-state index contributed by atoms with van der Waals surface area (Å²) in [5.41, 5.74) is 5.54. The maximum atomic E-state index is 13.0. The van der Waals surface area contributed by atoms with E-state index < -0.39 is 25.1 Å². The molecule has 120 valence electrons. The number of hydrogen-bond acceptors (Lipinski definition) is 4. The van der Waals surface area contributed by atoms with Gasteiger partial charge in [-0.1, -0.05) is 0 Å². The highest BCUT2D eigenvalue weighted by Crippen LogP contribution is 2.38. The lowest BCUT2D eigenvalue weighted by Gasteiger charge is -2.19. The molecule has 0 aliphatic heterocycles. The molecule has 0 fully saturated rings. The molecule has 0 bridgehead atoms. The number of pyridine rings is 1. The van der Waals surface area contributed by atoms with E-state index in [0.29, 0.717) is 5.39 Å². The Morgan fingerprint density at radius 2 is 1.95 bits per heavy atom. The Morgan fingerprint density at radius 1 is 1.27 bits per heavy atom. The molecule has 22 heavy (non-hydrogen) atoms. The highest BCUT2D eigenvalue weighted by molar-refractivity contribution is 6.07. The van der Waals surface area contributed by atoms with E-state index in [0.717, 1.165) is 4.68 Å². The summed E-state index contributed by atoms with van der Waals surface area (Å²) in [6.45, 7) is -0.822. The molecule has 2 aromatic heterocycles. The Bertz CT molecular complexity index is 691. The largest absolute Gasteiger partial charge is 0.453 e. The van der Waals surface area contributed by atoms with Crippen LogP contribution in [-0.4, -0.2) is 39.1 Å². The second-order valence-electron chi connectivity index (χ2n) is 4.58. The molecule has 0 saturated heterocycles. The van der Waals surface area contributed by atoms with E-state index in [1.807, 2.05) is 0 Å². The highest BCUT2D eigenvalue weighted by atomic mass is 19.4. The van der Waals surface area contributed by atoms with Crippen molar-refractivity contribution in [3.05, 3.63) is 24.0 Å². The summed E-state index contributed by atoms with van der Waals surface area (Å²) in [5, 5.41) is 11.9. The Balaban J connectivity index is 2.35. The van der Waals surface area contributed by atoms with Gasteiger partial charge >= 0.3 is 12.1 Å². The van der Waals surface area contributed by atoms with E-state index in [9.17, 15) is 22.0 Å². The molecule has 0 amide bonds. The molecule has 0 atom stereocenters. The standard InChI is InChI=1S/C12H12F5N5/c13-11(14,12(15,16)17)3-5-22-10-7(2-1-4-20-10)9(21-22)8(19)6-18/h1-2,4,19H,3,5-6,18H2. The zero-order valence-corrected chi connectivity index (χ0v) is 11.2. The van der Waals surface area contributed by atoms with Crippen LogP contribution in [0.25, 0.3) is 11.0 Å². The van der Waals surface area contributed by atoms with Crippen LogP contribution in [-0.2, 0) is 6.54 Å². The van der Waals surface area contributed by atoms with Gasteiger partial charge < -0.3 is 11.1 Å². The maximum absolute atomic E-state index is 13.0. The summed E-state index contributed by atoms with van der Waals surface area (Å²) in [6, 6.07) is 3.10. The maximum Gasteiger partial charge on any atom is 0.453 e. The monoisotopic (exact) mass is 321 g/mol. The molecule has 0 saturated carbocycles. The van der Waals surface area contributed by atoms with Crippen LogP contribution in [0.5, 0.6) is 0 Å².